The topological polar surface area (TPSA) is 28.5 Å². The largest absolute Gasteiger partial charge is 0.366 e. The van der Waals surface area contributed by atoms with E-state index in [1.807, 2.05) is 24.3 Å². The lowest BCUT2D eigenvalue weighted by Gasteiger charge is -2.25. The molecular weight excluding hydrogens is 246 g/mol. The molecule has 3 rings (SSSR count). The van der Waals surface area contributed by atoms with Crippen molar-refractivity contribution in [2.24, 2.45) is 4.99 Å². The van der Waals surface area contributed by atoms with Crippen molar-refractivity contribution in [1.29, 1.82) is 0 Å². The van der Waals surface area contributed by atoms with Gasteiger partial charge in [0, 0.05) is 24.7 Å². The Labute approximate surface area is 119 Å². The van der Waals surface area contributed by atoms with Gasteiger partial charge in [-0.2, -0.15) is 0 Å². The Balaban J connectivity index is 1.84. The highest BCUT2D eigenvalue weighted by Gasteiger charge is 2.13. The summed E-state index contributed by atoms with van der Waals surface area (Å²) in [5.74, 6) is 0. The summed E-state index contributed by atoms with van der Waals surface area (Å²) in [6, 6.07) is 16.4. The van der Waals surface area contributed by atoms with Crippen LogP contribution >= 0.6 is 0 Å². The van der Waals surface area contributed by atoms with Gasteiger partial charge >= 0.3 is 0 Å². The Hall–Kier alpha value is -2.42. The van der Waals surface area contributed by atoms with Gasteiger partial charge in [-0.1, -0.05) is 36.4 Å². The number of benzene rings is 1. The van der Waals surface area contributed by atoms with Gasteiger partial charge in [-0.15, -0.1) is 0 Å². The van der Waals surface area contributed by atoms with Crippen LogP contribution in [-0.4, -0.2) is 22.1 Å². The summed E-state index contributed by atoms with van der Waals surface area (Å²) >= 11 is 0. The highest BCUT2D eigenvalue weighted by atomic mass is 15.1. The molecule has 0 amide bonds. The molecule has 100 valence electrons. The van der Waals surface area contributed by atoms with Crippen molar-refractivity contribution in [3.8, 4) is 0 Å². The minimum absolute atomic E-state index is 0.866. The first kappa shape index (κ1) is 12.6. The molecule has 0 saturated carbocycles. The van der Waals surface area contributed by atoms with E-state index >= 15 is 0 Å². The van der Waals surface area contributed by atoms with Crippen LogP contribution in [0, 0.1) is 0 Å². The van der Waals surface area contributed by atoms with Gasteiger partial charge in [0.05, 0.1) is 12.2 Å². The molecule has 0 unspecified atom stereocenters. The molecule has 0 spiro atoms. The minimum Gasteiger partial charge on any atom is -0.366 e. The third-order valence-electron chi connectivity index (χ3n) is 3.20. The van der Waals surface area contributed by atoms with E-state index in [1.165, 1.54) is 5.56 Å². The van der Waals surface area contributed by atoms with E-state index in [-0.39, 0.29) is 0 Å². The molecule has 3 heteroatoms. The van der Waals surface area contributed by atoms with Crippen LogP contribution in [0.4, 0.5) is 0 Å². The van der Waals surface area contributed by atoms with Crippen molar-refractivity contribution in [2.75, 3.05) is 6.54 Å². The summed E-state index contributed by atoms with van der Waals surface area (Å²) in [4.78, 5) is 11.3. The summed E-state index contributed by atoms with van der Waals surface area (Å²) in [7, 11) is 0. The molecular formula is C17H17N3. The number of hydrogen-bond donors (Lipinski definition) is 0. The average molecular weight is 263 g/mol. The summed E-state index contributed by atoms with van der Waals surface area (Å²) in [6.45, 7) is 3.82. The average Bonchev–Trinajstić information content (AvgIpc) is 2.49. The van der Waals surface area contributed by atoms with E-state index in [1.54, 1.807) is 6.20 Å². The molecule has 1 aromatic heterocycles. The quantitative estimate of drug-likeness (QED) is 0.849. The van der Waals surface area contributed by atoms with Crippen LogP contribution in [0.1, 0.15) is 18.2 Å². The molecule has 0 radical (unpaired) electrons. The number of nitrogens with zero attached hydrogens (tertiary/aromatic N) is 3. The zero-order valence-electron chi connectivity index (χ0n) is 11.5. The summed E-state index contributed by atoms with van der Waals surface area (Å²) < 4.78 is 0. The monoisotopic (exact) mass is 263 g/mol. The van der Waals surface area contributed by atoms with Crippen LogP contribution in [0.2, 0.25) is 0 Å². The normalized spacial score (nSPS) is 14.8. The Bertz CT molecular complexity index is 630. The predicted molar refractivity (Wildman–Crippen MR) is 82.2 cm³/mol. The molecule has 20 heavy (non-hydrogen) atoms. The van der Waals surface area contributed by atoms with Gasteiger partial charge < -0.3 is 4.90 Å². The molecule has 2 aromatic rings. The highest BCUT2D eigenvalue weighted by Crippen LogP contribution is 2.19. The zero-order chi connectivity index (χ0) is 13.8. The van der Waals surface area contributed by atoms with Gasteiger partial charge in [0.25, 0.3) is 0 Å². The Kier molecular flexibility index (Phi) is 3.59. The van der Waals surface area contributed by atoms with Gasteiger partial charge in [-0.05, 0) is 24.6 Å². The van der Waals surface area contributed by atoms with Crippen molar-refractivity contribution < 1.29 is 0 Å². The van der Waals surface area contributed by atoms with Crippen molar-refractivity contribution in [3.05, 3.63) is 72.2 Å². The fourth-order valence-corrected chi connectivity index (χ4v) is 2.34. The summed E-state index contributed by atoms with van der Waals surface area (Å²) in [6.07, 6.45) is 3.90. The molecule has 1 aromatic carbocycles. The fourth-order valence-electron chi connectivity index (χ4n) is 2.34. The molecule has 3 nitrogen and oxygen atoms in total. The standard InChI is InChI=1S/C17H17N3/c1-14-11-20(12-15-7-3-2-4-8-15)13-17(19-14)16-9-5-6-10-18-16/h2-10,13H,11-12H2,1H3. The maximum absolute atomic E-state index is 4.62. The van der Waals surface area contributed by atoms with E-state index in [0.717, 1.165) is 30.2 Å². The molecule has 1 aliphatic heterocycles. The van der Waals surface area contributed by atoms with E-state index in [4.69, 9.17) is 0 Å². The fraction of sp³-hybridized carbons (Fsp3) is 0.176. The molecule has 0 atom stereocenters. The second kappa shape index (κ2) is 5.70. The maximum atomic E-state index is 4.62. The van der Waals surface area contributed by atoms with Crippen LogP contribution < -0.4 is 0 Å². The van der Waals surface area contributed by atoms with Crippen LogP contribution in [0.5, 0.6) is 0 Å². The number of rotatable bonds is 3. The highest BCUT2D eigenvalue weighted by molar-refractivity contribution is 5.90. The SMILES string of the molecule is CC1=NC(c2ccccn2)=CN(Cc2ccccc2)C1. The van der Waals surface area contributed by atoms with Crippen molar-refractivity contribution in [3.63, 3.8) is 0 Å². The first-order valence-electron chi connectivity index (χ1n) is 6.76. The van der Waals surface area contributed by atoms with Crippen LogP contribution in [0.3, 0.4) is 0 Å². The first-order valence-corrected chi connectivity index (χ1v) is 6.76. The van der Waals surface area contributed by atoms with Crippen LogP contribution in [0.15, 0.2) is 65.9 Å². The first-order chi connectivity index (χ1) is 9.81. The van der Waals surface area contributed by atoms with E-state index in [9.17, 15) is 0 Å². The van der Waals surface area contributed by atoms with Gasteiger partial charge in [-0.3, -0.25) is 9.98 Å². The number of hydrogen-bond acceptors (Lipinski definition) is 3. The van der Waals surface area contributed by atoms with Gasteiger partial charge in [-0.25, -0.2) is 0 Å². The molecule has 0 fully saturated rings. The molecule has 0 N–H and O–H groups in total. The molecule has 2 heterocycles. The molecule has 0 aliphatic carbocycles. The maximum Gasteiger partial charge on any atom is 0.104 e. The lowest BCUT2D eigenvalue weighted by molar-refractivity contribution is 0.417. The number of pyridine rings is 1. The third kappa shape index (κ3) is 2.94. The molecule has 0 saturated heterocycles. The summed E-state index contributed by atoms with van der Waals surface area (Å²) in [5.41, 5.74) is 4.28. The van der Waals surface area contributed by atoms with Crippen LogP contribution in [-0.2, 0) is 6.54 Å². The van der Waals surface area contributed by atoms with E-state index < -0.39 is 0 Å². The van der Waals surface area contributed by atoms with Gasteiger partial charge in [0.2, 0.25) is 0 Å². The van der Waals surface area contributed by atoms with E-state index in [2.05, 4.69) is 52.3 Å². The van der Waals surface area contributed by atoms with Crippen LogP contribution in [0.25, 0.3) is 5.70 Å². The second-order valence-corrected chi connectivity index (χ2v) is 4.97. The van der Waals surface area contributed by atoms with Crippen molar-refractivity contribution >= 4 is 11.4 Å². The van der Waals surface area contributed by atoms with Crippen molar-refractivity contribution in [2.45, 2.75) is 13.5 Å². The zero-order valence-corrected chi connectivity index (χ0v) is 11.5. The Morgan fingerprint density at radius 1 is 1.05 bits per heavy atom. The molecule has 0 bridgehead atoms. The smallest absolute Gasteiger partial charge is 0.104 e. The minimum atomic E-state index is 0.866. The van der Waals surface area contributed by atoms with Gasteiger partial charge in [0.15, 0.2) is 0 Å². The Morgan fingerprint density at radius 3 is 2.60 bits per heavy atom. The summed E-state index contributed by atoms with van der Waals surface area (Å²) in [5, 5.41) is 0. The Morgan fingerprint density at radius 2 is 1.85 bits per heavy atom. The second-order valence-electron chi connectivity index (χ2n) is 4.97. The van der Waals surface area contributed by atoms with Gasteiger partial charge in [0.1, 0.15) is 5.70 Å². The predicted octanol–water partition coefficient (Wildman–Crippen LogP) is 3.36. The number of aromatic nitrogens is 1. The lowest BCUT2D eigenvalue weighted by atomic mass is 10.2. The number of aliphatic imine (C=N–C) groups is 1. The van der Waals surface area contributed by atoms with Crippen molar-refractivity contribution in [1.82, 2.24) is 9.88 Å². The molecule has 1 aliphatic rings. The third-order valence-corrected chi connectivity index (χ3v) is 3.20. The lowest BCUT2D eigenvalue weighted by Crippen LogP contribution is -2.26. The van der Waals surface area contributed by atoms with E-state index in [0.29, 0.717) is 0 Å².